The number of nitrogens with one attached hydrogen (secondary N) is 1. The highest BCUT2D eigenvalue weighted by Gasteiger charge is 2.22. The van der Waals surface area contributed by atoms with Gasteiger partial charge in [-0.3, -0.25) is 4.79 Å². The third-order valence-electron chi connectivity index (χ3n) is 2.83. The summed E-state index contributed by atoms with van der Waals surface area (Å²) in [5.41, 5.74) is 11.4. The average molecular weight is 250 g/mol. The molecule has 1 aliphatic rings. The molecule has 1 saturated carbocycles. The van der Waals surface area contributed by atoms with Crippen LogP contribution in [0.4, 0.5) is 11.5 Å². The van der Waals surface area contributed by atoms with Crippen LogP contribution in [-0.4, -0.2) is 23.5 Å². The van der Waals surface area contributed by atoms with Gasteiger partial charge < -0.3 is 21.5 Å². The van der Waals surface area contributed by atoms with Gasteiger partial charge in [-0.15, -0.1) is 0 Å². The molecular formula is C12H18N4O2. The number of amides is 1. The topological polar surface area (TPSA) is 103 Å². The fraction of sp³-hybridized carbons (Fsp3) is 0.500. The van der Waals surface area contributed by atoms with E-state index in [-0.39, 0.29) is 0 Å². The Morgan fingerprint density at radius 1 is 1.61 bits per heavy atom. The van der Waals surface area contributed by atoms with Crippen molar-refractivity contribution in [3.8, 4) is 5.88 Å². The number of ether oxygens (including phenoxy) is 1. The Hall–Kier alpha value is -1.98. The molecule has 0 saturated heterocycles. The highest BCUT2D eigenvalue weighted by Crippen LogP contribution is 2.30. The Kier molecular flexibility index (Phi) is 3.55. The van der Waals surface area contributed by atoms with Crippen LogP contribution in [0.2, 0.25) is 0 Å². The van der Waals surface area contributed by atoms with Crippen molar-refractivity contribution in [3.63, 3.8) is 0 Å². The second-order valence-electron chi connectivity index (χ2n) is 4.61. The van der Waals surface area contributed by atoms with Crippen molar-refractivity contribution in [2.24, 2.45) is 11.7 Å². The Morgan fingerprint density at radius 3 is 2.94 bits per heavy atom. The van der Waals surface area contributed by atoms with Crippen molar-refractivity contribution in [1.82, 2.24) is 4.98 Å². The molecule has 1 heterocycles. The largest absolute Gasteiger partial charge is 0.476 e. The molecule has 0 radical (unpaired) electrons. The number of hydrogen-bond acceptors (Lipinski definition) is 5. The van der Waals surface area contributed by atoms with Crippen LogP contribution in [0.1, 0.15) is 19.8 Å². The summed E-state index contributed by atoms with van der Waals surface area (Å²) >= 11 is 0. The van der Waals surface area contributed by atoms with Crippen LogP contribution >= 0.6 is 0 Å². The minimum atomic E-state index is -0.489. The van der Waals surface area contributed by atoms with E-state index in [1.807, 2.05) is 0 Å². The summed E-state index contributed by atoms with van der Waals surface area (Å²) in [6.07, 6.45) is 2.41. The van der Waals surface area contributed by atoms with Gasteiger partial charge in [0.05, 0.1) is 12.3 Å². The Bertz CT molecular complexity index is 446. The molecule has 1 aromatic heterocycles. The van der Waals surface area contributed by atoms with Crippen molar-refractivity contribution in [3.05, 3.63) is 12.1 Å². The van der Waals surface area contributed by atoms with E-state index >= 15 is 0 Å². The average Bonchev–Trinajstić information content (AvgIpc) is 3.13. The van der Waals surface area contributed by atoms with Gasteiger partial charge in [0, 0.05) is 0 Å². The number of nitrogens with two attached hydrogens (primary N) is 2. The minimum absolute atomic E-state index is 0.406. The van der Waals surface area contributed by atoms with Crippen LogP contribution in [0, 0.1) is 5.92 Å². The smallest absolute Gasteiger partial charge is 0.239 e. The number of primary amides is 1. The quantitative estimate of drug-likeness (QED) is 0.691. The number of aromatic nitrogens is 1. The third kappa shape index (κ3) is 3.26. The number of hydrogen-bond donors (Lipinski definition) is 3. The predicted molar refractivity (Wildman–Crippen MR) is 69.1 cm³/mol. The standard InChI is InChI=1S/C12H18N4O2/c1-7(11(14)17)15-10-5-4-9(13)12(16-10)18-6-8-2-3-8/h4-5,7-8H,2-3,6,13H2,1H3,(H2,14,17)(H,15,16). The van der Waals surface area contributed by atoms with E-state index in [9.17, 15) is 4.79 Å². The lowest BCUT2D eigenvalue weighted by molar-refractivity contribution is -0.118. The van der Waals surface area contributed by atoms with Gasteiger partial charge in [0.1, 0.15) is 11.9 Å². The molecule has 18 heavy (non-hydrogen) atoms. The first-order chi connectivity index (χ1) is 8.56. The van der Waals surface area contributed by atoms with Gasteiger partial charge in [-0.2, -0.15) is 4.98 Å². The first kappa shape index (κ1) is 12.5. The Balaban J connectivity index is 2.02. The maximum atomic E-state index is 11.0. The van der Waals surface area contributed by atoms with Crippen molar-refractivity contribution in [1.29, 1.82) is 0 Å². The predicted octanol–water partition coefficient (Wildman–Crippen LogP) is 0.738. The zero-order valence-electron chi connectivity index (χ0n) is 10.3. The second kappa shape index (κ2) is 5.12. The highest BCUT2D eigenvalue weighted by molar-refractivity contribution is 5.82. The summed E-state index contributed by atoms with van der Waals surface area (Å²) in [5, 5.41) is 2.89. The monoisotopic (exact) mass is 250 g/mol. The molecule has 2 rings (SSSR count). The highest BCUT2D eigenvalue weighted by atomic mass is 16.5. The molecule has 5 N–H and O–H groups in total. The molecule has 98 valence electrons. The molecule has 1 amide bonds. The fourth-order valence-corrected chi connectivity index (χ4v) is 1.42. The van der Waals surface area contributed by atoms with E-state index in [1.165, 1.54) is 12.8 Å². The van der Waals surface area contributed by atoms with Crippen molar-refractivity contribution in [2.45, 2.75) is 25.8 Å². The maximum Gasteiger partial charge on any atom is 0.239 e. The molecule has 0 aromatic carbocycles. The number of pyridine rings is 1. The summed E-state index contributed by atoms with van der Waals surface area (Å²) in [7, 11) is 0. The third-order valence-corrected chi connectivity index (χ3v) is 2.83. The number of carbonyl (C=O) groups excluding carboxylic acids is 1. The number of nitrogens with zero attached hydrogens (tertiary/aromatic N) is 1. The summed E-state index contributed by atoms with van der Waals surface area (Å²) in [5.74, 6) is 1.13. The SMILES string of the molecule is CC(Nc1ccc(N)c(OCC2CC2)n1)C(N)=O. The van der Waals surface area contributed by atoms with Gasteiger partial charge in [0.25, 0.3) is 0 Å². The van der Waals surface area contributed by atoms with Gasteiger partial charge in [-0.05, 0) is 37.8 Å². The van der Waals surface area contributed by atoms with Gasteiger partial charge in [-0.25, -0.2) is 0 Å². The zero-order chi connectivity index (χ0) is 13.1. The lowest BCUT2D eigenvalue weighted by Gasteiger charge is -2.13. The van der Waals surface area contributed by atoms with E-state index in [2.05, 4.69) is 10.3 Å². The molecule has 1 aromatic rings. The van der Waals surface area contributed by atoms with E-state index < -0.39 is 11.9 Å². The Morgan fingerprint density at radius 2 is 2.33 bits per heavy atom. The van der Waals surface area contributed by atoms with Crippen LogP contribution in [0.25, 0.3) is 0 Å². The van der Waals surface area contributed by atoms with Gasteiger partial charge in [0.15, 0.2) is 0 Å². The number of rotatable bonds is 6. The molecule has 0 spiro atoms. The van der Waals surface area contributed by atoms with Crippen molar-refractivity contribution in [2.75, 3.05) is 17.7 Å². The second-order valence-corrected chi connectivity index (χ2v) is 4.61. The van der Waals surface area contributed by atoms with Crippen molar-refractivity contribution >= 4 is 17.4 Å². The van der Waals surface area contributed by atoms with Crippen LogP contribution in [0.3, 0.4) is 0 Å². The minimum Gasteiger partial charge on any atom is -0.476 e. The fourth-order valence-electron chi connectivity index (χ4n) is 1.42. The molecule has 1 atom stereocenters. The molecule has 1 unspecified atom stereocenters. The lowest BCUT2D eigenvalue weighted by atomic mass is 10.3. The molecule has 1 aliphatic carbocycles. The molecular weight excluding hydrogens is 232 g/mol. The molecule has 0 bridgehead atoms. The van der Waals surface area contributed by atoms with Crippen molar-refractivity contribution < 1.29 is 9.53 Å². The summed E-state index contributed by atoms with van der Waals surface area (Å²) < 4.78 is 5.55. The van der Waals surface area contributed by atoms with Crippen LogP contribution in [0.15, 0.2) is 12.1 Å². The summed E-state index contributed by atoms with van der Waals surface area (Å²) in [4.78, 5) is 15.2. The first-order valence-corrected chi connectivity index (χ1v) is 6.01. The van der Waals surface area contributed by atoms with E-state index in [0.29, 0.717) is 29.9 Å². The van der Waals surface area contributed by atoms with Crippen LogP contribution in [-0.2, 0) is 4.79 Å². The van der Waals surface area contributed by atoms with Gasteiger partial charge >= 0.3 is 0 Å². The number of anilines is 2. The Labute approximate surface area is 106 Å². The maximum absolute atomic E-state index is 11.0. The first-order valence-electron chi connectivity index (χ1n) is 6.01. The van der Waals surface area contributed by atoms with Gasteiger partial charge in [-0.1, -0.05) is 0 Å². The van der Waals surface area contributed by atoms with E-state index in [1.54, 1.807) is 19.1 Å². The lowest BCUT2D eigenvalue weighted by Crippen LogP contribution is -2.32. The van der Waals surface area contributed by atoms with E-state index in [4.69, 9.17) is 16.2 Å². The van der Waals surface area contributed by atoms with Gasteiger partial charge in [0.2, 0.25) is 11.8 Å². The summed E-state index contributed by atoms with van der Waals surface area (Å²) in [6, 6.07) is 2.90. The molecule has 0 aliphatic heterocycles. The number of nitrogen functional groups attached to an aromatic ring is 1. The van der Waals surface area contributed by atoms with Crippen LogP contribution < -0.4 is 21.5 Å². The zero-order valence-corrected chi connectivity index (χ0v) is 10.3. The molecule has 6 nitrogen and oxygen atoms in total. The summed E-state index contributed by atoms with van der Waals surface area (Å²) in [6.45, 7) is 2.32. The molecule has 6 heteroatoms. The molecule has 1 fully saturated rings. The van der Waals surface area contributed by atoms with E-state index in [0.717, 1.165) is 0 Å². The normalized spacial score (nSPS) is 16.1. The van der Waals surface area contributed by atoms with Crippen LogP contribution in [0.5, 0.6) is 5.88 Å². The number of carbonyl (C=O) groups is 1.